The minimum Gasteiger partial charge on any atom is -0.323 e. The molecule has 0 radical (unpaired) electrons. The van der Waals surface area contributed by atoms with Crippen molar-refractivity contribution in [3.63, 3.8) is 0 Å². The monoisotopic (exact) mass is 398 g/mol. The van der Waals surface area contributed by atoms with Crippen molar-refractivity contribution in [1.29, 1.82) is 0 Å². The first-order chi connectivity index (χ1) is 13.3. The van der Waals surface area contributed by atoms with Crippen LogP contribution in [0.2, 0.25) is 0 Å². The molecule has 0 aliphatic heterocycles. The molecular formula is C23H24ClFN2O. The highest BCUT2D eigenvalue weighted by molar-refractivity contribution is 6.36. The third kappa shape index (κ3) is 4.33. The molecule has 3 nitrogen and oxygen atoms in total. The van der Waals surface area contributed by atoms with E-state index in [1.807, 2.05) is 51.1 Å². The van der Waals surface area contributed by atoms with Gasteiger partial charge in [-0.1, -0.05) is 56.3 Å². The topological polar surface area (TPSA) is 42.0 Å². The van der Waals surface area contributed by atoms with Gasteiger partial charge in [0, 0.05) is 11.8 Å². The minimum atomic E-state index is -1.08. The SMILES string of the molecule is Cc1c(NC(=O)[C@@](Cl)(Cc2ccccc2)CC(C)C)cnc2c(F)cccc12. The van der Waals surface area contributed by atoms with Crippen LogP contribution in [-0.4, -0.2) is 15.8 Å². The number of nitrogens with zero attached hydrogens (tertiary/aromatic N) is 1. The largest absolute Gasteiger partial charge is 0.323 e. The number of aryl methyl sites for hydroxylation is 1. The molecule has 0 fully saturated rings. The van der Waals surface area contributed by atoms with Gasteiger partial charge in [-0.2, -0.15) is 0 Å². The highest BCUT2D eigenvalue weighted by Gasteiger charge is 2.37. The molecule has 146 valence electrons. The molecule has 0 aliphatic carbocycles. The summed E-state index contributed by atoms with van der Waals surface area (Å²) in [4.78, 5) is 16.3. The van der Waals surface area contributed by atoms with E-state index < -0.39 is 4.87 Å². The van der Waals surface area contributed by atoms with Gasteiger partial charge in [-0.3, -0.25) is 9.78 Å². The van der Waals surface area contributed by atoms with Crippen molar-refractivity contribution in [3.8, 4) is 0 Å². The predicted octanol–water partition coefficient (Wildman–Crippen LogP) is 5.89. The normalized spacial score (nSPS) is 13.5. The van der Waals surface area contributed by atoms with Crippen molar-refractivity contribution in [2.24, 2.45) is 5.92 Å². The second-order valence-electron chi connectivity index (χ2n) is 7.61. The molecule has 0 bridgehead atoms. The summed E-state index contributed by atoms with van der Waals surface area (Å²) in [5, 5.41) is 3.60. The molecule has 5 heteroatoms. The summed E-state index contributed by atoms with van der Waals surface area (Å²) in [6, 6.07) is 14.6. The van der Waals surface area contributed by atoms with E-state index in [9.17, 15) is 9.18 Å². The van der Waals surface area contributed by atoms with Crippen LogP contribution < -0.4 is 5.32 Å². The molecular weight excluding hydrogens is 375 g/mol. The van der Waals surface area contributed by atoms with Crippen molar-refractivity contribution < 1.29 is 9.18 Å². The van der Waals surface area contributed by atoms with Crippen molar-refractivity contribution in [1.82, 2.24) is 4.98 Å². The smallest absolute Gasteiger partial charge is 0.245 e. The number of hydrogen-bond donors (Lipinski definition) is 1. The zero-order valence-corrected chi connectivity index (χ0v) is 17.1. The number of carbonyl (C=O) groups excluding carboxylic acids is 1. The van der Waals surface area contributed by atoms with Crippen LogP contribution in [0.15, 0.2) is 54.7 Å². The highest BCUT2D eigenvalue weighted by Crippen LogP contribution is 2.32. The Hall–Kier alpha value is -2.46. The van der Waals surface area contributed by atoms with Crippen molar-refractivity contribution >= 4 is 34.1 Å². The number of aromatic nitrogens is 1. The molecule has 0 saturated heterocycles. The third-order valence-electron chi connectivity index (χ3n) is 4.83. The standard InChI is InChI=1S/C23H24ClFN2O/c1-15(2)12-23(24,13-17-8-5-4-6-9-17)22(28)27-20-14-26-21-18(16(20)3)10-7-11-19(21)25/h4-11,14-15H,12-13H2,1-3H3,(H,27,28)/t23-/m0/s1. The van der Waals surface area contributed by atoms with E-state index >= 15 is 0 Å². The Morgan fingerprint density at radius 3 is 2.57 bits per heavy atom. The number of hydrogen-bond acceptors (Lipinski definition) is 2. The Morgan fingerprint density at radius 2 is 1.89 bits per heavy atom. The fourth-order valence-electron chi connectivity index (χ4n) is 3.49. The fraction of sp³-hybridized carbons (Fsp3) is 0.304. The van der Waals surface area contributed by atoms with Gasteiger partial charge in [0.25, 0.3) is 0 Å². The lowest BCUT2D eigenvalue weighted by Crippen LogP contribution is -2.41. The maximum absolute atomic E-state index is 14.0. The number of halogens is 2. The van der Waals surface area contributed by atoms with E-state index in [0.717, 1.165) is 11.1 Å². The van der Waals surface area contributed by atoms with Crippen LogP contribution in [0, 0.1) is 18.7 Å². The maximum Gasteiger partial charge on any atom is 0.245 e. The quantitative estimate of drug-likeness (QED) is 0.526. The summed E-state index contributed by atoms with van der Waals surface area (Å²) in [7, 11) is 0. The van der Waals surface area contributed by atoms with Crippen LogP contribution in [0.1, 0.15) is 31.4 Å². The summed E-state index contributed by atoms with van der Waals surface area (Å²) in [6.07, 6.45) is 2.45. The van der Waals surface area contributed by atoms with Gasteiger partial charge in [0.05, 0.1) is 11.9 Å². The number of para-hydroxylation sites is 1. The van der Waals surface area contributed by atoms with Gasteiger partial charge < -0.3 is 5.32 Å². The Balaban J connectivity index is 1.91. The average molecular weight is 399 g/mol. The first-order valence-corrected chi connectivity index (χ1v) is 9.76. The minimum absolute atomic E-state index is 0.247. The fourth-order valence-corrected chi connectivity index (χ4v) is 4.00. The third-order valence-corrected chi connectivity index (χ3v) is 5.29. The molecule has 0 spiro atoms. The van der Waals surface area contributed by atoms with Gasteiger partial charge in [-0.05, 0) is 36.5 Å². The van der Waals surface area contributed by atoms with Gasteiger partial charge in [0.1, 0.15) is 16.2 Å². The molecule has 3 rings (SSSR count). The Morgan fingerprint density at radius 1 is 1.18 bits per heavy atom. The lowest BCUT2D eigenvalue weighted by atomic mass is 9.89. The second kappa shape index (κ2) is 8.27. The number of carbonyl (C=O) groups is 1. The van der Waals surface area contributed by atoms with Crippen LogP contribution in [0.3, 0.4) is 0 Å². The average Bonchev–Trinajstić information content (AvgIpc) is 2.64. The number of fused-ring (bicyclic) bond motifs is 1. The first kappa shape index (κ1) is 20.3. The van der Waals surface area contributed by atoms with E-state index in [0.29, 0.717) is 29.4 Å². The maximum atomic E-state index is 14.0. The Kier molecular flexibility index (Phi) is 5.99. The van der Waals surface area contributed by atoms with Gasteiger partial charge in [-0.25, -0.2) is 4.39 Å². The molecule has 3 aromatic rings. The molecule has 2 aromatic carbocycles. The molecule has 1 amide bonds. The van der Waals surface area contributed by atoms with E-state index in [2.05, 4.69) is 10.3 Å². The van der Waals surface area contributed by atoms with Crippen molar-refractivity contribution in [3.05, 3.63) is 71.7 Å². The van der Waals surface area contributed by atoms with Crippen LogP contribution in [0.4, 0.5) is 10.1 Å². The summed E-state index contributed by atoms with van der Waals surface area (Å²) >= 11 is 6.87. The number of alkyl halides is 1. The number of rotatable bonds is 6. The number of nitrogens with one attached hydrogen (secondary N) is 1. The van der Waals surface area contributed by atoms with Gasteiger partial charge in [-0.15, -0.1) is 11.6 Å². The van der Waals surface area contributed by atoms with Crippen molar-refractivity contribution in [2.45, 2.75) is 38.5 Å². The van der Waals surface area contributed by atoms with E-state index in [4.69, 9.17) is 11.6 Å². The molecule has 0 unspecified atom stereocenters. The number of benzene rings is 2. The van der Waals surface area contributed by atoms with Crippen LogP contribution >= 0.6 is 11.6 Å². The number of amides is 1. The number of pyridine rings is 1. The van der Waals surface area contributed by atoms with E-state index in [1.165, 1.54) is 12.3 Å². The lowest BCUT2D eigenvalue weighted by Gasteiger charge is -2.28. The van der Waals surface area contributed by atoms with Gasteiger partial charge >= 0.3 is 0 Å². The summed E-state index contributed by atoms with van der Waals surface area (Å²) < 4.78 is 14.0. The molecule has 1 atom stereocenters. The molecule has 28 heavy (non-hydrogen) atoms. The van der Waals surface area contributed by atoms with Crippen LogP contribution in [-0.2, 0) is 11.2 Å². The summed E-state index contributed by atoms with van der Waals surface area (Å²) in [6.45, 7) is 5.93. The summed E-state index contributed by atoms with van der Waals surface area (Å²) in [5.74, 6) is -0.404. The highest BCUT2D eigenvalue weighted by atomic mass is 35.5. The lowest BCUT2D eigenvalue weighted by molar-refractivity contribution is -0.119. The van der Waals surface area contributed by atoms with Crippen molar-refractivity contribution in [2.75, 3.05) is 5.32 Å². The van der Waals surface area contributed by atoms with E-state index in [1.54, 1.807) is 12.1 Å². The Labute approximate surface area is 169 Å². The molecule has 1 N–H and O–H groups in total. The molecule has 0 aliphatic rings. The Bertz CT molecular complexity index is 991. The van der Waals surface area contributed by atoms with Gasteiger partial charge in [0.2, 0.25) is 5.91 Å². The van der Waals surface area contributed by atoms with Gasteiger partial charge in [0.15, 0.2) is 0 Å². The van der Waals surface area contributed by atoms with Crippen LogP contribution in [0.25, 0.3) is 10.9 Å². The molecule has 1 heterocycles. The zero-order valence-electron chi connectivity index (χ0n) is 16.3. The summed E-state index contributed by atoms with van der Waals surface area (Å²) in [5.41, 5.74) is 2.61. The molecule has 0 saturated carbocycles. The molecule has 1 aromatic heterocycles. The predicted molar refractivity (Wildman–Crippen MR) is 113 cm³/mol. The van der Waals surface area contributed by atoms with Crippen LogP contribution in [0.5, 0.6) is 0 Å². The zero-order chi connectivity index (χ0) is 20.3. The number of anilines is 1. The first-order valence-electron chi connectivity index (χ1n) is 9.38. The van der Waals surface area contributed by atoms with E-state index in [-0.39, 0.29) is 17.6 Å². The second-order valence-corrected chi connectivity index (χ2v) is 8.34.